The number of anilines is 1. The standard InChI is InChI=1S/C18H23ClNO6P/c1-6-24-27(23,25-7-2)11-14-13-10-12(19)8-9-15(13)20(16(14)21)17(22)26-18(3,4)5/h8-11H,6-7H2,1-5H3/b14-11+. The van der Waals surface area contributed by atoms with Crippen LogP contribution in [0.5, 0.6) is 0 Å². The van der Waals surface area contributed by atoms with Gasteiger partial charge < -0.3 is 13.8 Å². The zero-order chi connectivity index (χ0) is 20.4. The Labute approximate surface area is 163 Å². The van der Waals surface area contributed by atoms with Gasteiger partial charge in [-0.2, -0.15) is 0 Å². The summed E-state index contributed by atoms with van der Waals surface area (Å²) in [6, 6.07) is 4.61. The van der Waals surface area contributed by atoms with Gasteiger partial charge in [-0.25, -0.2) is 9.69 Å². The molecular formula is C18H23ClNO6P. The number of hydrogen-bond acceptors (Lipinski definition) is 6. The van der Waals surface area contributed by atoms with E-state index in [0.717, 1.165) is 10.7 Å². The van der Waals surface area contributed by atoms with E-state index in [1.807, 2.05) is 0 Å². The summed E-state index contributed by atoms with van der Waals surface area (Å²) >= 11 is 6.06. The van der Waals surface area contributed by atoms with Crippen molar-refractivity contribution >= 4 is 42.5 Å². The predicted octanol–water partition coefficient (Wildman–Crippen LogP) is 5.23. The molecule has 0 saturated carbocycles. The van der Waals surface area contributed by atoms with Crippen molar-refractivity contribution in [2.24, 2.45) is 0 Å². The molecule has 0 unspecified atom stereocenters. The molecule has 0 bridgehead atoms. The molecule has 1 aromatic carbocycles. The molecule has 1 heterocycles. The molecule has 0 N–H and O–H groups in total. The smallest absolute Gasteiger partial charge is 0.422 e. The van der Waals surface area contributed by atoms with Crippen molar-refractivity contribution < 1.29 is 27.9 Å². The zero-order valence-corrected chi connectivity index (χ0v) is 17.6. The maximum Gasteiger partial charge on any atom is 0.422 e. The number of ether oxygens (including phenoxy) is 1. The SMILES string of the molecule is CCOP(=O)(/C=C1/C(=O)N(C(=O)OC(C)(C)C)c2ccc(Cl)cc21)OCC. The Hall–Kier alpha value is -1.66. The minimum Gasteiger partial charge on any atom is -0.443 e. The van der Waals surface area contributed by atoms with Crippen LogP contribution in [0, 0.1) is 0 Å². The summed E-state index contributed by atoms with van der Waals surface area (Å²) in [6.45, 7) is 8.69. The van der Waals surface area contributed by atoms with E-state index in [1.54, 1.807) is 40.7 Å². The first-order chi connectivity index (χ1) is 12.5. The second kappa shape index (κ2) is 8.15. The van der Waals surface area contributed by atoms with E-state index in [2.05, 4.69) is 0 Å². The molecular weight excluding hydrogens is 393 g/mol. The van der Waals surface area contributed by atoms with Crippen molar-refractivity contribution in [2.75, 3.05) is 18.1 Å². The number of halogens is 1. The molecule has 1 aliphatic rings. The van der Waals surface area contributed by atoms with Crippen LogP contribution in [0.2, 0.25) is 5.02 Å². The lowest BCUT2D eigenvalue weighted by atomic mass is 10.1. The largest absolute Gasteiger partial charge is 0.443 e. The van der Waals surface area contributed by atoms with Crippen molar-refractivity contribution in [1.29, 1.82) is 0 Å². The molecule has 2 rings (SSSR count). The Bertz CT molecular complexity index is 820. The molecule has 0 saturated heterocycles. The van der Waals surface area contributed by atoms with Crippen LogP contribution in [0.15, 0.2) is 24.0 Å². The molecule has 9 heteroatoms. The van der Waals surface area contributed by atoms with Gasteiger partial charge in [0, 0.05) is 16.4 Å². The van der Waals surface area contributed by atoms with Crippen LogP contribution in [0.3, 0.4) is 0 Å². The van der Waals surface area contributed by atoms with Gasteiger partial charge in [0.1, 0.15) is 5.60 Å². The third kappa shape index (κ3) is 4.99. The third-order valence-electron chi connectivity index (χ3n) is 3.40. The average Bonchev–Trinajstić information content (AvgIpc) is 2.78. The fraction of sp³-hybridized carbons (Fsp3) is 0.444. The van der Waals surface area contributed by atoms with Gasteiger partial charge in [0.15, 0.2) is 0 Å². The van der Waals surface area contributed by atoms with Gasteiger partial charge in [-0.15, -0.1) is 0 Å². The Kier molecular flexibility index (Phi) is 6.53. The van der Waals surface area contributed by atoms with E-state index in [4.69, 9.17) is 25.4 Å². The molecule has 1 aliphatic heterocycles. The van der Waals surface area contributed by atoms with Crippen molar-refractivity contribution in [2.45, 2.75) is 40.2 Å². The summed E-state index contributed by atoms with van der Waals surface area (Å²) in [4.78, 5) is 26.4. The fourth-order valence-corrected chi connectivity index (χ4v) is 4.19. The lowest BCUT2D eigenvalue weighted by Gasteiger charge is -2.23. The van der Waals surface area contributed by atoms with Crippen LogP contribution in [0.4, 0.5) is 10.5 Å². The number of hydrogen-bond donors (Lipinski definition) is 0. The van der Waals surface area contributed by atoms with Crippen molar-refractivity contribution in [3.8, 4) is 0 Å². The topological polar surface area (TPSA) is 82.1 Å². The van der Waals surface area contributed by atoms with E-state index in [0.29, 0.717) is 16.3 Å². The average molecular weight is 416 g/mol. The lowest BCUT2D eigenvalue weighted by Crippen LogP contribution is -2.38. The first kappa shape index (κ1) is 21.6. The first-order valence-electron chi connectivity index (χ1n) is 8.50. The fourth-order valence-electron chi connectivity index (χ4n) is 2.51. The van der Waals surface area contributed by atoms with Gasteiger partial charge in [-0.1, -0.05) is 11.6 Å². The first-order valence-corrected chi connectivity index (χ1v) is 10.5. The summed E-state index contributed by atoms with van der Waals surface area (Å²) in [6.07, 6.45) is -0.831. The third-order valence-corrected chi connectivity index (χ3v) is 5.45. The second-order valence-electron chi connectivity index (χ2n) is 6.70. The quantitative estimate of drug-likeness (QED) is 0.483. The Morgan fingerprint density at radius 1 is 1.22 bits per heavy atom. The zero-order valence-electron chi connectivity index (χ0n) is 15.9. The van der Waals surface area contributed by atoms with Gasteiger partial charge in [-0.3, -0.25) is 9.36 Å². The van der Waals surface area contributed by atoms with Crippen LogP contribution in [0.25, 0.3) is 5.57 Å². The summed E-state index contributed by atoms with van der Waals surface area (Å²) < 4.78 is 28.7. The number of benzene rings is 1. The molecule has 27 heavy (non-hydrogen) atoms. The molecule has 148 valence electrons. The molecule has 0 spiro atoms. The van der Waals surface area contributed by atoms with E-state index < -0.39 is 25.2 Å². The number of fused-ring (bicyclic) bond motifs is 1. The van der Waals surface area contributed by atoms with E-state index in [-0.39, 0.29) is 18.8 Å². The highest BCUT2D eigenvalue weighted by Gasteiger charge is 2.41. The van der Waals surface area contributed by atoms with Gasteiger partial charge in [0.25, 0.3) is 5.91 Å². The number of amides is 2. The highest BCUT2D eigenvalue weighted by molar-refractivity contribution is 7.57. The lowest BCUT2D eigenvalue weighted by molar-refractivity contribution is -0.112. The number of nitrogens with zero attached hydrogens (tertiary/aromatic N) is 1. The van der Waals surface area contributed by atoms with Crippen LogP contribution >= 0.6 is 19.2 Å². The minimum absolute atomic E-state index is 0.0172. The molecule has 2 amide bonds. The molecule has 0 aliphatic carbocycles. The van der Waals surface area contributed by atoms with Crippen molar-refractivity contribution in [3.05, 3.63) is 34.6 Å². The normalized spacial score (nSPS) is 16.0. The minimum atomic E-state index is -3.68. The van der Waals surface area contributed by atoms with Crippen molar-refractivity contribution in [3.63, 3.8) is 0 Å². The molecule has 0 atom stereocenters. The summed E-state index contributed by atoms with van der Waals surface area (Å²) in [5.74, 6) is 0.461. The Morgan fingerprint density at radius 3 is 2.33 bits per heavy atom. The van der Waals surface area contributed by atoms with Crippen LogP contribution in [0.1, 0.15) is 40.2 Å². The number of rotatable bonds is 5. The number of carbonyl (C=O) groups excluding carboxylic acids is 2. The maximum absolute atomic E-state index is 13.0. The van der Waals surface area contributed by atoms with E-state index in [1.165, 1.54) is 12.1 Å². The van der Waals surface area contributed by atoms with Crippen LogP contribution in [-0.4, -0.2) is 30.8 Å². The molecule has 0 aromatic heterocycles. The molecule has 7 nitrogen and oxygen atoms in total. The molecule has 0 radical (unpaired) electrons. The summed E-state index contributed by atoms with van der Waals surface area (Å²) in [5, 5.41) is 0.362. The second-order valence-corrected chi connectivity index (χ2v) is 8.99. The van der Waals surface area contributed by atoms with E-state index in [9.17, 15) is 14.2 Å². The highest BCUT2D eigenvalue weighted by Crippen LogP contribution is 2.53. The summed E-state index contributed by atoms with van der Waals surface area (Å²) in [7, 11) is -3.68. The highest BCUT2D eigenvalue weighted by atomic mass is 35.5. The Morgan fingerprint density at radius 2 is 1.81 bits per heavy atom. The molecule has 0 fully saturated rings. The van der Waals surface area contributed by atoms with Crippen LogP contribution in [-0.2, 0) is 23.1 Å². The van der Waals surface area contributed by atoms with Gasteiger partial charge >= 0.3 is 13.7 Å². The maximum atomic E-state index is 13.0. The van der Waals surface area contributed by atoms with Gasteiger partial charge in [-0.05, 0) is 52.8 Å². The number of imide groups is 1. The molecule has 1 aromatic rings. The Balaban J connectivity index is 2.57. The number of carbonyl (C=O) groups is 2. The summed E-state index contributed by atoms with van der Waals surface area (Å²) in [5.41, 5.74) is -0.117. The van der Waals surface area contributed by atoms with Crippen LogP contribution < -0.4 is 4.90 Å². The van der Waals surface area contributed by atoms with Gasteiger partial charge in [0.05, 0.1) is 24.5 Å². The van der Waals surface area contributed by atoms with E-state index >= 15 is 0 Å². The monoisotopic (exact) mass is 415 g/mol. The predicted molar refractivity (Wildman–Crippen MR) is 104 cm³/mol. The van der Waals surface area contributed by atoms with Gasteiger partial charge in [0.2, 0.25) is 0 Å². The van der Waals surface area contributed by atoms with Crippen molar-refractivity contribution in [1.82, 2.24) is 0 Å².